The number of nitrogens with one attached hydrogen (secondary N) is 1. The number of hydrogen-bond acceptors (Lipinski definition) is 4. The molecule has 2 aromatic carbocycles. The van der Waals surface area contributed by atoms with Crippen LogP contribution in [0.5, 0.6) is 5.75 Å². The number of benzene rings is 2. The SMILES string of the molecule is COc1ccccc1/C=C/C(=O)OCC(=O)NC[C@H](C)c1ccccc1. The lowest BCUT2D eigenvalue weighted by Crippen LogP contribution is -2.31. The molecule has 1 amide bonds. The van der Waals surface area contributed by atoms with Crippen LogP contribution in [-0.4, -0.2) is 32.1 Å². The van der Waals surface area contributed by atoms with E-state index in [4.69, 9.17) is 9.47 Å². The van der Waals surface area contributed by atoms with Crippen molar-refractivity contribution in [3.05, 3.63) is 71.8 Å². The van der Waals surface area contributed by atoms with E-state index in [1.165, 1.54) is 6.08 Å². The number of carbonyl (C=O) groups is 2. The molecule has 136 valence electrons. The summed E-state index contributed by atoms with van der Waals surface area (Å²) >= 11 is 0. The average Bonchev–Trinajstić information content (AvgIpc) is 2.69. The zero-order valence-corrected chi connectivity index (χ0v) is 15.0. The summed E-state index contributed by atoms with van der Waals surface area (Å²) in [5.41, 5.74) is 1.90. The van der Waals surface area contributed by atoms with Gasteiger partial charge in [0.25, 0.3) is 5.91 Å². The Kier molecular flexibility index (Phi) is 7.43. The molecule has 0 spiro atoms. The first-order valence-electron chi connectivity index (χ1n) is 8.39. The topological polar surface area (TPSA) is 64.6 Å². The van der Waals surface area contributed by atoms with Gasteiger partial charge >= 0.3 is 5.97 Å². The number of amides is 1. The van der Waals surface area contributed by atoms with Crippen LogP contribution in [0.2, 0.25) is 0 Å². The molecule has 0 fully saturated rings. The highest BCUT2D eigenvalue weighted by Gasteiger charge is 2.09. The molecular formula is C21H23NO4. The number of hydrogen-bond donors (Lipinski definition) is 1. The normalized spacial score (nSPS) is 11.8. The highest BCUT2D eigenvalue weighted by molar-refractivity contribution is 5.89. The minimum atomic E-state index is -0.581. The maximum Gasteiger partial charge on any atom is 0.331 e. The van der Waals surface area contributed by atoms with Crippen LogP contribution in [-0.2, 0) is 14.3 Å². The summed E-state index contributed by atoms with van der Waals surface area (Å²) in [6.45, 7) is 2.20. The van der Waals surface area contributed by atoms with Gasteiger partial charge in [0.05, 0.1) is 7.11 Å². The number of ether oxygens (including phenoxy) is 2. The van der Waals surface area contributed by atoms with Crippen molar-refractivity contribution in [2.75, 3.05) is 20.3 Å². The Morgan fingerprint density at radius 1 is 1.08 bits per heavy atom. The molecule has 0 heterocycles. The molecule has 0 radical (unpaired) electrons. The zero-order valence-electron chi connectivity index (χ0n) is 15.0. The predicted octanol–water partition coefficient (Wildman–Crippen LogP) is 3.17. The van der Waals surface area contributed by atoms with Gasteiger partial charge < -0.3 is 14.8 Å². The van der Waals surface area contributed by atoms with Crippen molar-refractivity contribution in [1.29, 1.82) is 0 Å². The predicted molar refractivity (Wildman–Crippen MR) is 101 cm³/mol. The van der Waals surface area contributed by atoms with E-state index in [-0.39, 0.29) is 18.4 Å². The summed E-state index contributed by atoms with van der Waals surface area (Å²) in [4.78, 5) is 23.6. The number of para-hydroxylation sites is 1. The van der Waals surface area contributed by atoms with Crippen molar-refractivity contribution in [3.8, 4) is 5.75 Å². The van der Waals surface area contributed by atoms with Crippen LogP contribution < -0.4 is 10.1 Å². The fraction of sp³-hybridized carbons (Fsp3) is 0.238. The molecule has 0 bridgehead atoms. The molecule has 5 nitrogen and oxygen atoms in total. The summed E-state index contributed by atoms with van der Waals surface area (Å²) in [5, 5.41) is 2.77. The maximum absolute atomic E-state index is 11.8. The van der Waals surface area contributed by atoms with Gasteiger partial charge in [0, 0.05) is 18.2 Å². The van der Waals surface area contributed by atoms with Gasteiger partial charge in [-0.2, -0.15) is 0 Å². The third kappa shape index (κ3) is 6.09. The van der Waals surface area contributed by atoms with E-state index in [9.17, 15) is 9.59 Å². The van der Waals surface area contributed by atoms with Crippen LogP contribution in [0.3, 0.4) is 0 Å². The molecule has 0 unspecified atom stereocenters. The van der Waals surface area contributed by atoms with Crippen LogP contribution in [0.1, 0.15) is 24.0 Å². The Labute approximate surface area is 153 Å². The van der Waals surface area contributed by atoms with Crippen molar-refractivity contribution in [1.82, 2.24) is 5.32 Å². The van der Waals surface area contributed by atoms with Gasteiger partial charge in [-0.25, -0.2) is 4.79 Å². The fourth-order valence-corrected chi connectivity index (χ4v) is 2.36. The number of rotatable bonds is 8. The molecule has 26 heavy (non-hydrogen) atoms. The lowest BCUT2D eigenvalue weighted by molar-refractivity contribution is -0.143. The van der Waals surface area contributed by atoms with Crippen LogP contribution >= 0.6 is 0 Å². The van der Waals surface area contributed by atoms with Crippen LogP contribution in [0.25, 0.3) is 6.08 Å². The summed E-state index contributed by atoms with van der Waals surface area (Å²) in [5.74, 6) is -0.0699. The monoisotopic (exact) mass is 353 g/mol. The van der Waals surface area contributed by atoms with Gasteiger partial charge in [-0.05, 0) is 23.6 Å². The molecule has 5 heteroatoms. The Balaban J connectivity index is 1.74. The van der Waals surface area contributed by atoms with E-state index in [0.29, 0.717) is 12.3 Å². The smallest absolute Gasteiger partial charge is 0.331 e. The van der Waals surface area contributed by atoms with E-state index in [1.54, 1.807) is 19.3 Å². The van der Waals surface area contributed by atoms with Crippen molar-refractivity contribution in [2.24, 2.45) is 0 Å². The lowest BCUT2D eigenvalue weighted by atomic mass is 10.0. The Morgan fingerprint density at radius 3 is 2.50 bits per heavy atom. The molecule has 0 saturated heterocycles. The fourth-order valence-electron chi connectivity index (χ4n) is 2.36. The van der Waals surface area contributed by atoms with Gasteiger partial charge in [-0.1, -0.05) is 55.5 Å². The minimum absolute atomic E-state index is 0.182. The third-order valence-electron chi connectivity index (χ3n) is 3.86. The number of methoxy groups -OCH3 is 1. The van der Waals surface area contributed by atoms with Gasteiger partial charge in [0.2, 0.25) is 0 Å². The summed E-state index contributed by atoms with van der Waals surface area (Å²) in [6.07, 6.45) is 2.87. The van der Waals surface area contributed by atoms with Crippen molar-refractivity contribution >= 4 is 18.0 Å². The first-order chi connectivity index (χ1) is 12.6. The highest BCUT2D eigenvalue weighted by Crippen LogP contribution is 2.18. The maximum atomic E-state index is 11.8. The molecule has 0 saturated carbocycles. The first kappa shape index (κ1) is 19.2. The summed E-state index contributed by atoms with van der Waals surface area (Å²) in [6, 6.07) is 17.2. The second-order valence-electron chi connectivity index (χ2n) is 5.80. The van der Waals surface area contributed by atoms with E-state index in [2.05, 4.69) is 5.32 Å². The Bertz CT molecular complexity index is 756. The third-order valence-corrected chi connectivity index (χ3v) is 3.86. The van der Waals surface area contributed by atoms with Gasteiger partial charge in [0.15, 0.2) is 6.61 Å². The Morgan fingerprint density at radius 2 is 1.77 bits per heavy atom. The molecule has 1 N–H and O–H groups in total. The number of carbonyl (C=O) groups excluding carboxylic acids is 2. The van der Waals surface area contributed by atoms with Gasteiger partial charge in [-0.3, -0.25) is 4.79 Å². The Hall–Kier alpha value is -3.08. The zero-order chi connectivity index (χ0) is 18.8. The number of esters is 1. The molecule has 0 aromatic heterocycles. The lowest BCUT2D eigenvalue weighted by Gasteiger charge is -2.12. The van der Waals surface area contributed by atoms with Crippen molar-refractivity contribution in [3.63, 3.8) is 0 Å². The largest absolute Gasteiger partial charge is 0.496 e. The first-order valence-corrected chi connectivity index (χ1v) is 8.39. The van der Waals surface area contributed by atoms with Crippen molar-refractivity contribution < 1.29 is 19.1 Å². The highest BCUT2D eigenvalue weighted by atomic mass is 16.5. The van der Waals surface area contributed by atoms with E-state index < -0.39 is 5.97 Å². The average molecular weight is 353 g/mol. The second kappa shape index (κ2) is 10.0. The molecule has 0 aliphatic heterocycles. The molecular weight excluding hydrogens is 330 g/mol. The van der Waals surface area contributed by atoms with E-state index in [0.717, 1.165) is 11.1 Å². The van der Waals surface area contributed by atoms with Crippen molar-refractivity contribution in [2.45, 2.75) is 12.8 Å². The van der Waals surface area contributed by atoms with Crippen LogP contribution in [0.4, 0.5) is 0 Å². The quantitative estimate of drug-likeness (QED) is 0.585. The van der Waals surface area contributed by atoms with Gasteiger partial charge in [0.1, 0.15) is 5.75 Å². The molecule has 2 rings (SSSR count). The molecule has 0 aliphatic rings. The van der Waals surface area contributed by atoms with E-state index in [1.807, 2.05) is 55.5 Å². The molecule has 0 aliphatic carbocycles. The molecule has 2 aromatic rings. The van der Waals surface area contributed by atoms with Crippen LogP contribution in [0.15, 0.2) is 60.7 Å². The van der Waals surface area contributed by atoms with Crippen LogP contribution in [0, 0.1) is 0 Å². The van der Waals surface area contributed by atoms with E-state index >= 15 is 0 Å². The summed E-state index contributed by atoms with van der Waals surface area (Å²) < 4.78 is 10.2. The molecule has 1 atom stereocenters. The minimum Gasteiger partial charge on any atom is -0.496 e. The van der Waals surface area contributed by atoms with Gasteiger partial charge in [-0.15, -0.1) is 0 Å². The summed E-state index contributed by atoms with van der Waals surface area (Å²) in [7, 11) is 1.56. The standard InChI is InChI=1S/C21H23NO4/c1-16(17-8-4-3-5-9-17)14-22-20(23)15-26-21(24)13-12-18-10-6-7-11-19(18)25-2/h3-13,16H,14-15H2,1-2H3,(H,22,23)/b13-12+/t16-/m0/s1. The second-order valence-corrected chi connectivity index (χ2v) is 5.80.